The predicted molar refractivity (Wildman–Crippen MR) is 105 cm³/mol. The van der Waals surface area contributed by atoms with Crippen LogP contribution in [0.15, 0.2) is 30.3 Å². The summed E-state index contributed by atoms with van der Waals surface area (Å²) in [6.07, 6.45) is 0. The number of carbonyl (C=O) groups is 1. The van der Waals surface area contributed by atoms with Crippen molar-refractivity contribution in [3.05, 3.63) is 57.9 Å². The van der Waals surface area contributed by atoms with Crippen molar-refractivity contribution in [3.8, 4) is 0 Å². The SMILES string of the molecule is Cc1cc(C(=O)C[N+]23CCN(CC2)CC3)c(C)n1Cc1ccccc1Cl. The van der Waals surface area contributed by atoms with Crippen LogP contribution in [0.5, 0.6) is 0 Å². The van der Waals surface area contributed by atoms with Gasteiger partial charge in [-0.1, -0.05) is 29.8 Å². The fourth-order valence-electron chi connectivity index (χ4n) is 4.48. The molecule has 4 nitrogen and oxygen atoms in total. The van der Waals surface area contributed by atoms with Crippen LogP contribution < -0.4 is 0 Å². The van der Waals surface area contributed by atoms with E-state index in [0.29, 0.717) is 18.9 Å². The second-order valence-electron chi connectivity index (χ2n) is 7.90. The van der Waals surface area contributed by atoms with Gasteiger partial charge in [0.15, 0.2) is 0 Å². The van der Waals surface area contributed by atoms with Crippen molar-refractivity contribution in [1.29, 1.82) is 0 Å². The van der Waals surface area contributed by atoms with E-state index in [0.717, 1.165) is 71.3 Å². The molecule has 2 bridgehead atoms. The summed E-state index contributed by atoms with van der Waals surface area (Å²) in [4.78, 5) is 15.6. The Morgan fingerprint density at radius 2 is 1.77 bits per heavy atom. The number of nitrogens with zero attached hydrogens (tertiary/aromatic N) is 3. The first-order valence-electron chi connectivity index (χ1n) is 9.48. The smallest absolute Gasteiger partial charge is 0.218 e. The largest absolute Gasteiger partial charge is 0.344 e. The van der Waals surface area contributed by atoms with Crippen LogP contribution in [0.3, 0.4) is 0 Å². The van der Waals surface area contributed by atoms with E-state index in [1.807, 2.05) is 24.3 Å². The molecule has 0 amide bonds. The van der Waals surface area contributed by atoms with Gasteiger partial charge in [-0.25, -0.2) is 0 Å². The summed E-state index contributed by atoms with van der Waals surface area (Å²) in [7, 11) is 0. The lowest BCUT2D eigenvalue weighted by molar-refractivity contribution is -0.933. The Morgan fingerprint density at radius 1 is 1.12 bits per heavy atom. The van der Waals surface area contributed by atoms with Crippen molar-refractivity contribution in [2.24, 2.45) is 0 Å². The third kappa shape index (κ3) is 3.22. The maximum Gasteiger partial charge on any atom is 0.218 e. The molecule has 138 valence electrons. The Hall–Kier alpha value is -1.62. The van der Waals surface area contributed by atoms with E-state index in [1.54, 1.807) is 0 Å². The summed E-state index contributed by atoms with van der Waals surface area (Å²) >= 11 is 6.33. The van der Waals surface area contributed by atoms with Crippen LogP contribution in [0, 0.1) is 13.8 Å². The fraction of sp³-hybridized carbons (Fsp3) is 0.476. The highest BCUT2D eigenvalue weighted by molar-refractivity contribution is 6.31. The number of hydrogen-bond donors (Lipinski definition) is 0. The van der Waals surface area contributed by atoms with Crippen molar-refractivity contribution in [2.75, 3.05) is 45.8 Å². The third-order valence-corrected chi connectivity index (χ3v) is 6.68. The van der Waals surface area contributed by atoms with Crippen molar-refractivity contribution >= 4 is 17.4 Å². The number of benzene rings is 1. The number of carbonyl (C=O) groups excluding carboxylic acids is 1. The van der Waals surface area contributed by atoms with E-state index in [9.17, 15) is 4.79 Å². The van der Waals surface area contributed by atoms with E-state index in [2.05, 4.69) is 29.4 Å². The molecule has 5 rings (SSSR count). The molecule has 3 fully saturated rings. The van der Waals surface area contributed by atoms with Crippen molar-refractivity contribution < 1.29 is 9.28 Å². The highest BCUT2D eigenvalue weighted by atomic mass is 35.5. The van der Waals surface area contributed by atoms with Crippen LogP contribution in [-0.4, -0.2) is 65.5 Å². The minimum Gasteiger partial charge on any atom is -0.344 e. The first-order chi connectivity index (χ1) is 12.5. The number of fused-ring (bicyclic) bond motifs is 3. The molecule has 2 aromatic rings. The normalized spacial score (nSPS) is 24.8. The number of aromatic nitrogens is 1. The zero-order chi connectivity index (χ0) is 18.3. The molecule has 0 atom stereocenters. The molecule has 0 radical (unpaired) electrons. The lowest BCUT2D eigenvalue weighted by Crippen LogP contribution is -2.68. The van der Waals surface area contributed by atoms with Gasteiger partial charge in [-0.05, 0) is 31.5 Å². The van der Waals surface area contributed by atoms with Crippen LogP contribution in [0.25, 0.3) is 0 Å². The molecule has 0 saturated carbocycles. The topological polar surface area (TPSA) is 25.2 Å². The van der Waals surface area contributed by atoms with E-state index in [1.165, 1.54) is 0 Å². The Labute approximate surface area is 160 Å². The van der Waals surface area contributed by atoms with Gasteiger partial charge in [0.05, 0.1) is 19.6 Å². The van der Waals surface area contributed by atoms with Gasteiger partial charge in [0, 0.05) is 48.2 Å². The van der Waals surface area contributed by atoms with Gasteiger partial charge in [-0.15, -0.1) is 0 Å². The van der Waals surface area contributed by atoms with E-state index < -0.39 is 0 Å². The molecular formula is C21H27ClN3O+. The Kier molecular flexibility index (Phi) is 4.68. The average molecular weight is 373 g/mol. The molecule has 3 saturated heterocycles. The number of rotatable bonds is 5. The summed E-state index contributed by atoms with van der Waals surface area (Å²) < 4.78 is 3.19. The molecule has 3 aliphatic heterocycles. The Bertz CT molecular complexity index is 820. The minimum absolute atomic E-state index is 0.291. The molecule has 1 aromatic heterocycles. The molecule has 3 aliphatic rings. The zero-order valence-corrected chi connectivity index (χ0v) is 16.4. The number of ketones is 1. The third-order valence-electron chi connectivity index (χ3n) is 6.31. The molecule has 4 heterocycles. The Balaban J connectivity index is 1.56. The van der Waals surface area contributed by atoms with E-state index >= 15 is 0 Å². The number of piperazine rings is 3. The maximum atomic E-state index is 13.1. The number of halogens is 1. The molecule has 1 aromatic carbocycles. The van der Waals surface area contributed by atoms with Gasteiger partial charge < -0.3 is 9.05 Å². The van der Waals surface area contributed by atoms with Crippen LogP contribution in [-0.2, 0) is 6.54 Å². The van der Waals surface area contributed by atoms with Gasteiger partial charge in [-0.3, -0.25) is 9.69 Å². The molecule has 26 heavy (non-hydrogen) atoms. The van der Waals surface area contributed by atoms with E-state index in [4.69, 9.17) is 11.6 Å². The summed E-state index contributed by atoms with van der Waals surface area (Å²) in [5.41, 5.74) is 4.15. The lowest BCUT2D eigenvalue weighted by Gasteiger charge is -2.50. The van der Waals surface area contributed by atoms with Crippen molar-refractivity contribution in [3.63, 3.8) is 0 Å². The zero-order valence-electron chi connectivity index (χ0n) is 15.7. The van der Waals surface area contributed by atoms with Crippen LogP contribution in [0.2, 0.25) is 5.02 Å². The summed E-state index contributed by atoms with van der Waals surface area (Å²) in [6, 6.07) is 9.99. The Morgan fingerprint density at radius 3 is 2.42 bits per heavy atom. The second kappa shape index (κ2) is 6.84. The van der Waals surface area contributed by atoms with Gasteiger partial charge in [-0.2, -0.15) is 0 Å². The van der Waals surface area contributed by atoms with Gasteiger partial charge in [0.25, 0.3) is 0 Å². The number of hydrogen-bond acceptors (Lipinski definition) is 2. The summed E-state index contributed by atoms with van der Waals surface area (Å²) in [5, 5.41) is 0.775. The predicted octanol–water partition coefficient (Wildman–Crippen LogP) is 3.14. The van der Waals surface area contributed by atoms with Crippen LogP contribution >= 0.6 is 11.6 Å². The average Bonchev–Trinajstić information content (AvgIpc) is 2.93. The molecule has 0 spiro atoms. The highest BCUT2D eigenvalue weighted by Gasteiger charge is 2.40. The highest BCUT2D eigenvalue weighted by Crippen LogP contribution is 2.24. The van der Waals surface area contributed by atoms with Crippen molar-refractivity contribution in [1.82, 2.24) is 9.47 Å². The molecule has 0 N–H and O–H groups in total. The minimum atomic E-state index is 0.291. The quantitative estimate of drug-likeness (QED) is 0.595. The van der Waals surface area contributed by atoms with Crippen molar-refractivity contribution in [2.45, 2.75) is 20.4 Å². The summed E-state index contributed by atoms with van der Waals surface area (Å²) in [6.45, 7) is 12.2. The van der Waals surface area contributed by atoms with Crippen LogP contribution in [0.4, 0.5) is 0 Å². The molecule has 0 aliphatic carbocycles. The lowest BCUT2D eigenvalue weighted by atomic mass is 10.1. The summed E-state index contributed by atoms with van der Waals surface area (Å²) in [5.74, 6) is 0.291. The maximum absolute atomic E-state index is 13.1. The first kappa shape index (κ1) is 17.8. The van der Waals surface area contributed by atoms with E-state index in [-0.39, 0.29) is 0 Å². The van der Waals surface area contributed by atoms with Gasteiger partial charge in [0.1, 0.15) is 6.54 Å². The van der Waals surface area contributed by atoms with Crippen LogP contribution in [0.1, 0.15) is 27.3 Å². The number of aryl methyl sites for hydroxylation is 1. The number of Topliss-reactive ketones (excluding diaryl/α,β-unsaturated/α-hetero) is 1. The standard InChI is InChI=1S/C21H27ClN3O/c1-16-13-19(17(2)24(16)14-18-5-3-4-6-20(18)22)21(26)15-25-10-7-23(8-11-25)9-12-25/h3-6,13H,7-12,14-15H2,1-2H3/q+1. The monoisotopic (exact) mass is 372 g/mol. The fourth-order valence-corrected chi connectivity index (χ4v) is 4.68. The molecule has 0 unspecified atom stereocenters. The molecule has 5 heteroatoms. The van der Waals surface area contributed by atoms with Gasteiger partial charge in [0.2, 0.25) is 5.78 Å². The van der Waals surface area contributed by atoms with Gasteiger partial charge >= 0.3 is 0 Å². The second-order valence-corrected chi connectivity index (χ2v) is 8.30. The molecular weight excluding hydrogens is 346 g/mol. The number of quaternary nitrogens is 1. The first-order valence-corrected chi connectivity index (χ1v) is 9.86.